The molecule has 0 radical (unpaired) electrons. The summed E-state index contributed by atoms with van der Waals surface area (Å²) in [5.74, 6) is -0.332. The molecule has 1 heterocycles. The Morgan fingerprint density at radius 3 is 2.39 bits per heavy atom. The van der Waals surface area contributed by atoms with Gasteiger partial charge in [0, 0.05) is 23.3 Å². The number of nitriles is 1. The van der Waals surface area contributed by atoms with E-state index in [1.807, 2.05) is 18.2 Å². The Morgan fingerprint density at radius 2 is 1.71 bits per heavy atom. The summed E-state index contributed by atoms with van der Waals surface area (Å²) in [6, 6.07) is 20.6. The van der Waals surface area contributed by atoms with Crippen LogP contribution in [0.5, 0.6) is 0 Å². The van der Waals surface area contributed by atoms with Gasteiger partial charge in [0.2, 0.25) is 0 Å². The van der Waals surface area contributed by atoms with Gasteiger partial charge in [-0.3, -0.25) is 9.78 Å². The van der Waals surface area contributed by atoms with Gasteiger partial charge in [0.1, 0.15) is 5.69 Å². The van der Waals surface area contributed by atoms with Gasteiger partial charge in [-0.05, 0) is 53.4 Å². The number of hydrogen-bond acceptors (Lipinski definition) is 4. The van der Waals surface area contributed by atoms with Gasteiger partial charge in [-0.1, -0.05) is 39.0 Å². The van der Waals surface area contributed by atoms with Crippen molar-refractivity contribution in [1.29, 1.82) is 5.26 Å². The van der Waals surface area contributed by atoms with E-state index in [2.05, 4.69) is 54.6 Å². The van der Waals surface area contributed by atoms with Crippen molar-refractivity contribution in [1.82, 2.24) is 4.98 Å². The summed E-state index contributed by atoms with van der Waals surface area (Å²) in [5, 5.41) is 15.0. The molecule has 2 N–H and O–H groups in total. The molecule has 0 bridgehead atoms. The minimum absolute atomic E-state index is 0.101. The van der Waals surface area contributed by atoms with Gasteiger partial charge in [-0.15, -0.1) is 0 Å². The summed E-state index contributed by atoms with van der Waals surface area (Å²) >= 11 is 0. The van der Waals surface area contributed by atoms with Crippen molar-refractivity contribution < 1.29 is 4.79 Å². The third-order valence-electron chi connectivity index (χ3n) is 4.28. The zero-order chi connectivity index (χ0) is 20.1. The van der Waals surface area contributed by atoms with Crippen molar-refractivity contribution in [2.75, 3.05) is 10.6 Å². The number of benzene rings is 2. The summed E-state index contributed by atoms with van der Waals surface area (Å²) in [7, 11) is 0. The zero-order valence-corrected chi connectivity index (χ0v) is 16.2. The van der Waals surface area contributed by atoms with Crippen molar-refractivity contribution in [2.45, 2.75) is 26.2 Å². The van der Waals surface area contributed by atoms with Crippen LogP contribution in [-0.2, 0) is 5.41 Å². The molecule has 0 spiro atoms. The molecule has 0 aliphatic carbocycles. The fourth-order valence-electron chi connectivity index (χ4n) is 2.71. The van der Waals surface area contributed by atoms with Crippen LogP contribution in [0.2, 0.25) is 0 Å². The molecule has 0 saturated heterocycles. The monoisotopic (exact) mass is 370 g/mol. The van der Waals surface area contributed by atoms with Crippen molar-refractivity contribution >= 4 is 23.0 Å². The van der Waals surface area contributed by atoms with Gasteiger partial charge in [0.05, 0.1) is 11.6 Å². The van der Waals surface area contributed by atoms with E-state index in [-0.39, 0.29) is 11.3 Å². The summed E-state index contributed by atoms with van der Waals surface area (Å²) in [5.41, 5.74) is 4.40. The molecule has 0 unspecified atom stereocenters. The maximum absolute atomic E-state index is 12.5. The van der Waals surface area contributed by atoms with Crippen molar-refractivity contribution in [3.8, 4) is 6.07 Å². The van der Waals surface area contributed by atoms with E-state index in [1.54, 1.807) is 36.5 Å². The molecule has 3 rings (SSSR count). The average molecular weight is 370 g/mol. The summed E-state index contributed by atoms with van der Waals surface area (Å²) < 4.78 is 0. The highest BCUT2D eigenvalue weighted by atomic mass is 16.1. The van der Waals surface area contributed by atoms with E-state index < -0.39 is 0 Å². The lowest BCUT2D eigenvalue weighted by Gasteiger charge is -2.19. The van der Waals surface area contributed by atoms with Gasteiger partial charge in [-0.25, -0.2) is 0 Å². The summed E-state index contributed by atoms with van der Waals surface area (Å²) in [6.07, 6.45) is 1.59. The first kappa shape index (κ1) is 19.1. The highest BCUT2D eigenvalue weighted by molar-refractivity contribution is 6.03. The summed E-state index contributed by atoms with van der Waals surface area (Å²) in [6.45, 7) is 6.53. The molecular formula is C23H22N4O. The highest BCUT2D eigenvalue weighted by Crippen LogP contribution is 2.25. The zero-order valence-electron chi connectivity index (χ0n) is 16.2. The predicted molar refractivity (Wildman–Crippen MR) is 112 cm³/mol. The first-order valence-corrected chi connectivity index (χ1v) is 9.00. The van der Waals surface area contributed by atoms with E-state index in [9.17, 15) is 4.79 Å². The Kier molecular flexibility index (Phi) is 5.42. The molecule has 0 fully saturated rings. The van der Waals surface area contributed by atoms with E-state index in [4.69, 9.17) is 5.26 Å². The highest BCUT2D eigenvalue weighted by Gasteiger charge is 2.13. The minimum atomic E-state index is -0.332. The average Bonchev–Trinajstić information content (AvgIpc) is 2.68. The molecule has 140 valence electrons. The van der Waals surface area contributed by atoms with Crippen LogP contribution in [0.25, 0.3) is 0 Å². The van der Waals surface area contributed by atoms with Crippen LogP contribution in [0.4, 0.5) is 17.1 Å². The molecule has 1 aromatic heterocycles. The second kappa shape index (κ2) is 7.93. The third-order valence-corrected chi connectivity index (χ3v) is 4.28. The predicted octanol–water partition coefficient (Wildman–Crippen LogP) is 5.25. The van der Waals surface area contributed by atoms with Crippen LogP contribution in [0.3, 0.4) is 0 Å². The molecule has 28 heavy (non-hydrogen) atoms. The fourth-order valence-corrected chi connectivity index (χ4v) is 2.71. The lowest BCUT2D eigenvalue weighted by molar-refractivity contribution is 0.102. The number of carbonyl (C=O) groups excluding carboxylic acids is 1. The molecule has 3 aromatic rings. The molecule has 0 aliphatic rings. The lowest BCUT2D eigenvalue weighted by atomic mass is 9.87. The number of amides is 1. The Bertz CT molecular complexity index is 1030. The summed E-state index contributed by atoms with van der Waals surface area (Å²) in [4.78, 5) is 16.6. The number of pyridine rings is 1. The topological polar surface area (TPSA) is 77.8 Å². The largest absolute Gasteiger partial charge is 0.355 e. The van der Waals surface area contributed by atoms with E-state index >= 15 is 0 Å². The molecule has 5 nitrogen and oxygen atoms in total. The molecule has 0 atom stereocenters. The van der Waals surface area contributed by atoms with E-state index in [1.165, 1.54) is 5.56 Å². The lowest BCUT2D eigenvalue weighted by Crippen LogP contribution is -2.14. The number of nitrogens with zero attached hydrogens (tertiary/aromatic N) is 2. The number of rotatable bonds is 4. The minimum Gasteiger partial charge on any atom is -0.355 e. The van der Waals surface area contributed by atoms with Gasteiger partial charge in [0.15, 0.2) is 0 Å². The quantitative estimate of drug-likeness (QED) is 0.658. The standard InChI is InChI=1S/C23H22N4O/c1-23(2,3)17-7-9-18(10-8-17)26-20-11-12-25-21(14-20)22(28)27-19-6-4-5-16(13-19)15-24/h4-14H,1-3H3,(H,25,26)(H,27,28). The molecule has 5 heteroatoms. The van der Waals surface area contributed by atoms with Crippen molar-refractivity contribution in [3.63, 3.8) is 0 Å². The van der Waals surface area contributed by atoms with Crippen LogP contribution >= 0.6 is 0 Å². The van der Waals surface area contributed by atoms with Gasteiger partial charge < -0.3 is 10.6 Å². The molecular weight excluding hydrogens is 348 g/mol. The van der Waals surface area contributed by atoms with Crippen LogP contribution in [0.1, 0.15) is 42.4 Å². The molecule has 1 amide bonds. The Morgan fingerprint density at radius 1 is 0.964 bits per heavy atom. The normalized spacial score (nSPS) is 10.8. The van der Waals surface area contributed by atoms with Crippen LogP contribution in [0, 0.1) is 11.3 Å². The number of nitrogens with one attached hydrogen (secondary N) is 2. The third kappa shape index (κ3) is 4.74. The van der Waals surface area contributed by atoms with Gasteiger partial charge in [0.25, 0.3) is 5.91 Å². The van der Waals surface area contributed by atoms with E-state index in [0.29, 0.717) is 16.9 Å². The Labute approximate surface area is 165 Å². The first-order valence-electron chi connectivity index (χ1n) is 9.00. The number of aromatic nitrogens is 1. The van der Waals surface area contributed by atoms with Crippen molar-refractivity contribution in [2.24, 2.45) is 0 Å². The SMILES string of the molecule is CC(C)(C)c1ccc(Nc2ccnc(C(=O)Nc3cccc(C#N)c3)c2)cc1. The van der Waals surface area contributed by atoms with Gasteiger partial charge in [-0.2, -0.15) is 5.26 Å². The molecule has 0 aliphatic heterocycles. The van der Waals surface area contributed by atoms with E-state index in [0.717, 1.165) is 11.4 Å². The second-order valence-corrected chi connectivity index (χ2v) is 7.53. The Hall–Kier alpha value is -3.65. The Balaban J connectivity index is 1.73. The molecule has 0 saturated carbocycles. The maximum Gasteiger partial charge on any atom is 0.274 e. The second-order valence-electron chi connectivity index (χ2n) is 7.53. The maximum atomic E-state index is 12.5. The smallest absolute Gasteiger partial charge is 0.274 e. The number of hydrogen-bond donors (Lipinski definition) is 2. The van der Waals surface area contributed by atoms with Gasteiger partial charge >= 0.3 is 0 Å². The number of carbonyl (C=O) groups is 1. The van der Waals surface area contributed by atoms with Crippen LogP contribution in [0.15, 0.2) is 66.9 Å². The number of anilines is 3. The van der Waals surface area contributed by atoms with Crippen LogP contribution < -0.4 is 10.6 Å². The first-order chi connectivity index (χ1) is 13.3. The van der Waals surface area contributed by atoms with Crippen molar-refractivity contribution in [3.05, 3.63) is 83.7 Å². The molecule has 2 aromatic carbocycles. The van der Waals surface area contributed by atoms with Crippen LogP contribution in [-0.4, -0.2) is 10.9 Å². The fraction of sp³-hybridized carbons (Fsp3) is 0.174.